The SMILES string of the molecule is O=C(O)C[C@@H]1CN(C(=O)[C@@H]2CC=CC[C@@H]2c2nc3ccccc3s2)CCO1. The van der Waals surface area contributed by atoms with Crippen LogP contribution in [0.25, 0.3) is 10.2 Å². The molecule has 27 heavy (non-hydrogen) atoms. The third-order valence-electron chi connectivity index (χ3n) is 5.23. The lowest BCUT2D eigenvalue weighted by molar-refractivity contribution is -0.150. The predicted molar refractivity (Wildman–Crippen MR) is 103 cm³/mol. The van der Waals surface area contributed by atoms with Gasteiger partial charge >= 0.3 is 5.97 Å². The maximum Gasteiger partial charge on any atom is 0.306 e. The minimum Gasteiger partial charge on any atom is -0.481 e. The number of amides is 1. The lowest BCUT2D eigenvalue weighted by Gasteiger charge is -2.36. The molecule has 2 aromatic rings. The van der Waals surface area contributed by atoms with E-state index in [1.165, 1.54) is 0 Å². The first-order chi connectivity index (χ1) is 13.1. The highest BCUT2D eigenvalue weighted by atomic mass is 32.1. The van der Waals surface area contributed by atoms with Gasteiger partial charge in [-0.1, -0.05) is 24.3 Å². The van der Waals surface area contributed by atoms with Crippen molar-refractivity contribution in [1.29, 1.82) is 0 Å². The molecule has 1 fully saturated rings. The predicted octanol–water partition coefficient (Wildman–Crippen LogP) is 3.05. The highest BCUT2D eigenvalue weighted by molar-refractivity contribution is 7.18. The number of morpholine rings is 1. The Balaban J connectivity index is 1.54. The standard InChI is InChI=1S/C20H22N2O4S/c23-18(24)11-13-12-22(9-10-26-13)20(25)15-6-2-1-5-14(15)19-21-16-7-3-4-8-17(16)27-19/h1-4,7-8,13-15H,5-6,9-12H2,(H,23,24)/t13-,14+,15-/m1/s1. The number of hydrogen-bond acceptors (Lipinski definition) is 5. The first kappa shape index (κ1) is 18.1. The van der Waals surface area contributed by atoms with Crippen molar-refractivity contribution < 1.29 is 19.4 Å². The second-order valence-electron chi connectivity index (χ2n) is 7.05. The summed E-state index contributed by atoms with van der Waals surface area (Å²) in [6.45, 7) is 1.25. The molecular weight excluding hydrogens is 364 g/mol. The maximum atomic E-state index is 13.2. The van der Waals surface area contributed by atoms with Crippen LogP contribution in [0.2, 0.25) is 0 Å². The van der Waals surface area contributed by atoms with Crippen molar-refractivity contribution in [2.45, 2.75) is 31.3 Å². The van der Waals surface area contributed by atoms with E-state index in [1.54, 1.807) is 16.2 Å². The number of ether oxygens (including phenoxy) is 1. The third-order valence-corrected chi connectivity index (χ3v) is 6.40. The number of aliphatic carboxylic acids is 1. The van der Waals surface area contributed by atoms with E-state index in [-0.39, 0.29) is 24.2 Å². The Bertz CT molecular complexity index is 845. The zero-order valence-electron chi connectivity index (χ0n) is 14.9. The molecule has 2 aliphatic rings. The van der Waals surface area contributed by atoms with Crippen molar-refractivity contribution in [3.8, 4) is 0 Å². The fourth-order valence-corrected chi connectivity index (χ4v) is 5.03. The molecule has 0 spiro atoms. The molecule has 1 aromatic heterocycles. The Morgan fingerprint density at radius 2 is 2.07 bits per heavy atom. The van der Waals surface area contributed by atoms with Crippen molar-refractivity contribution in [2.75, 3.05) is 19.7 Å². The van der Waals surface area contributed by atoms with Gasteiger partial charge in [-0.2, -0.15) is 0 Å². The van der Waals surface area contributed by atoms with E-state index < -0.39 is 12.1 Å². The maximum absolute atomic E-state index is 13.2. The molecular formula is C20H22N2O4S. The highest BCUT2D eigenvalue weighted by Gasteiger charge is 2.36. The molecule has 0 radical (unpaired) electrons. The van der Waals surface area contributed by atoms with Crippen LogP contribution in [0.4, 0.5) is 0 Å². The molecule has 0 unspecified atom stereocenters. The number of fused-ring (bicyclic) bond motifs is 1. The van der Waals surface area contributed by atoms with Crippen LogP contribution in [0.1, 0.15) is 30.2 Å². The fraction of sp³-hybridized carbons (Fsp3) is 0.450. The molecule has 2 heterocycles. The number of benzene rings is 1. The number of carboxylic acids is 1. The quantitative estimate of drug-likeness (QED) is 0.817. The van der Waals surface area contributed by atoms with Gasteiger partial charge in [-0.25, -0.2) is 4.98 Å². The molecule has 0 saturated carbocycles. The lowest BCUT2D eigenvalue weighted by Crippen LogP contribution is -2.49. The van der Waals surface area contributed by atoms with Gasteiger partial charge in [0.15, 0.2) is 0 Å². The van der Waals surface area contributed by atoms with E-state index in [2.05, 4.69) is 18.2 Å². The van der Waals surface area contributed by atoms with Crippen LogP contribution in [0, 0.1) is 5.92 Å². The molecule has 4 rings (SSSR count). The first-order valence-electron chi connectivity index (χ1n) is 9.24. The van der Waals surface area contributed by atoms with Crippen molar-refractivity contribution in [1.82, 2.24) is 9.88 Å². The molecule has 3 atom stereocenters. The first-order valence-corrected chi connectivity index (χ1v) is 10.1. The second kappa shape index (κ2) is 7.78. The van der Waals surface area contributed by atoms with Crippen LogP contribution in [0.3, 0.4) is 0 Å². The Morgan fingerprint density at radius 1 is 1.26 bits per heavy atom. The average molecular weight is 386 g/mol. The van der Waals surface area contributed by atoms with E-state index in [1.807, 2.05) is 18.2 Å². The highest BCUT2D eigenvalue weighted by Crippen LogP contribution is 2.39. The van der Waals surface area contributed by atoms with Gasteiger partial charge in [0.05, 0.1) is 40.3 Å². The monoisotopic (exact) mass is 386 g/mol. The van der Waals surface area contributed by atoms with Gasteiger partial charge in [-0.15, -0.1) is 11.3 Å². The van der Waals surface area contributed by atoms with Crippen LogP contribution in [-0.4, -0.2) is 52.7 Å². The van der Waals surface area contributed by atoms with E-state index in [0.29, 0.717) is 26.1 Å². The van der Waals surface area contributed by atoms with Crippen molar-refractivity contribution in [3.63, 3.8) is 0 Å². The Hall–Kier alpha value is -2.25. The van der Waals surface area contributed by atoms with E-state index in [4.69, 9.17) is 14.8 Å². The van der Waals surface area contributed by atoms with Crippen LogP contribution in [0.5, 0.6) is 0 Å². The van der Waals surface area contributed by atoms with Gasteiger partial charge < -0.3 is 14.7 Å². The van der Waals surface area contributed by atoms with E-state index in [0.717, 1.165) is 21.6 Å². The summed E-state index contributed by atoms with van der Waals surface area (Å²) in [5.74, 6) is -0.899. The number of carbonyl (C=O) groups excluding carboxylic acids is 1. The molecule has 1 aromatic carbocycles. The van der Waals surface area contributed by atoms with Gasteiger partial charge in [0.1, 0.15) is 0 Å². The van der Waals surface area contributed by atoms with Crippen molar-refractivity contribution in [2.24, 2.45) is 5.92 Å². The minimum atomic E-state index is -0.901. The summed E-state index contributed by atoms with van der Waals surface area (Å²) in [6.07, 6.45) is 5.20. The number of carboxylic acid groups (broad SMARTS) is 1. The van der Waals surface area contributed by atoms with E-state index in [9.17, 15) is 9.59 Å². The number of para-hydroxylation sites is 1. The largest absolute Gasteiger partial charge is 0.481 e. The summed E-state index contributed by atoms with van der Waals surface area (Å²) >= 11 is 1.66. The van der Waals surface area contributed by atoms with Crippen LogP contribution in [-0.2, 0) is 14.3 Å². The summed E-state index contributed by atoms with van der Waals surface area (Å²) in [4.78, 5) is 30.8. The third kappa shape index (κ3) is 3.89. The lowest BCUT2D eigenvalue weighted by atomic mass is 9.82. The molecule has 1 N–H and O–H groups in total. The van der Waals surface area contributed by atoms with Crippen molar-refractivity contribution in [3.05, 3.63) is 41.4 Å². The average Bonchev–Trinajstić information content (AvgIpc) is 3.11. The molecule has 1 aliphatic heterocycles. The zero-order valence-corrected chi connectivity index (χ0v) is 15.7. The van der Waals surface area contributed by atoms with Crippen LogP contribution in [0.15, 0.2) is 36.4 Å². The number of carbonyl (C=O) groups is 2. The molecule has 1 saturated heterocycles. The second-order valence-corrected chi connectivity index (χ2v) is 8.11. The number of thiazole rings is 1. The number of aromatic nitrogens is 1. The minimum absolute atomic E-state index is 0.0701. The van der Waals surface area contributed by atoms with Crippen molar-refractivity contribution >= 4 is 33.4 Å². The van der Waals surface area contributed by atoms with Gasteiger partial charge in [0.2, 0.25) is 5.91 Å². The topological polar surface area (TPSA) is 79.7 Å². The number of rotatable bonds is 4. The summed E-state index contributed by atoms with van der Waals surface area (Å²) in [5.41, 5.74) is 0.978. The number of nitrogens with zero attached hydrogens (tertiary/aromatic N) is 2. The molecule has 1 amide bonds. The van der Waals surface area contributed by atoms with E-state index >= 15 is 0 Å². The van der Waals surface area contributed by atoms with Gasteiger partial charge in [-0.05, 0) is 25.0 Å². The Morgan fingerprint density at radius 3 is 2.89 bits per heavy atom. The van der Waals surface area contributed by atoms with Gasteiger partial charge in [0.25, 0.3) is 0 Å². The molecule has 7 heteroatoms. The van der Waals surface area contributed by atoms with Gasteiger partial charge in [-0.3, -0.25) is 9.59 Å². The smallest absolute Gasteiger partial charge is 0.306 e. The molecule has 6 nitrogen and oxygen atoms in total. The van der Waals surface area contributed by atoms with Crippen LogP contribution < -0.4 is 0 Å². The van der Waals surface area contributed by atoms with Crippen LogP contribution >= 0.6 is 11.3 Å². The molecule has 142 valence electrons. The zero-order chi connectivity index (χ0) is 18.8. The fourth-order valence-electron chi connectivity index (χ4n) is 3.88. The Labute approximate surface area is 161 Å². The number of allylic oxidation sites excluding steroid dienone is 2. The summed E-state index contributed by atoms with van der Waals surface area (Å²) in [6, 6.07) is 8.04. The Kier molecular flexibility index (Phi) is 5.22. The normalized spacial score (nSPS) is 25.6. The number of hydrogen-bond donors (Lipinski definition) is 1. The summed E-state index contributed by atoms with van der Waals surface area (Å²) < 4.78 is 6.65. The van der Waals surface area contributed by atoms with Gasteiger partial charge in [0, 0.05) is 19.0 Å². The summed E-state index contributed by atoms with van der Waals surface area (Å²) in [7, 11) is 0. The summed E-state index contributed by atoms with van der Waals surface area (Å²) in [5, 5.41) is 10.0. The molecule has 1 aliphatic carbocycles. The molecule has 0 bridgehead atoms.